The maximum Gasteiger partial charge on any atom is 0.269 e. The smallest absolute Gasteiger partial charge is 0.269 e. The minimum Gasteiger partial charge on any atom is -0.489 e. The van der Waals surface area contributed by atoms with Crippen molar-refractivity contribution < 1.29 is 22.7 Å². The van der Waals surface area contributed by atoms with Crippen molar-refractivity contribution in [1.82, 2.24) is 10.9 Å². The highest BCUT2D eigenvalue weighted by atomic mass is 32.2. The van der Waals surface area contributed by atoms with Gasteiger partial charge in [-0.3, -0.25) is 20.4 Å². The Morgan fingerprint density at radius 2 is 1.70 bits per heavy atom. The van der Waals surface area contributed by atoms with Gasteiger partial charge in [-0.2, -0.15) is 0 Å². The standard InChI is InChI=1S/C19H20N2O5S/c22-18(20-21-19(23)16-10-11-27(24,25)13-16)15-6-8-17(9-7-15)26-12-14-4-2-1-3-5-14/h1-9,16H,10-13H2,(H,20,22)(H,21,23)/t16-/m1/s1. The molecule has 0 saturated carbocycles. The van der Waals surface area contributed by atoms with Gasteiger partial charge in [0, 0.05) is 5.56 Å². The van der Waals surface area contributed by atoms with Crippen LogP contribution in [-0.2, 0) is 21.2 Å². The number of hydrogen-bond donors (Lipinski definition) is 2. The van der Waals surface area contributed by atoms with E-state index in [9.17, 15) is 18.0 Å². The number of hydrogen-bond acceptors (Lipinski definition) is 5. The molecular formula is C19H20N2O5S. The lowest BCUT2D eigenvalue weighted by molar-refractivity contribution is -0.125. The Hall–Kier alpha value is -2.87. The molecule has 3 rings (SSSR count). The lowest BCUT2D eigenvalue weighted by Crippen LogP contribution is -2.44. The van der Waals surface area contributed by atoms with Crippen LogP contribution in [-0.4, -0.2) is 31.7 Å². The van der Waals surface area contributed by atoms with Crippen LogP contribution in [0.3, 0.4) is 0 Å². The second-order valence-corrected chi connectivity index (χ2v) is 8.57. The minimum atomic E-state index is -3.15. The van der Waals surface area contributed by atoms with Gasteiger partial charge in [0.15, 0.2) is 9.84 Å². The molecule has 1 atom stereocenters. The van der Waals surface area contributed by atoms with Crippen molar-refractivity contribution in [2.75, 3.05) is 11.5 Å². The molecule has 7 nitrogen and oxygen atoms in total. The number of amides is 2. The van der Waals surface area contributed by atoms with E-state index < -0.39 is 27.6 Å². The molecule has 8 heteroatoms. The summed E-state index contributed by atoms with van der Waals surface area (Å²) >= 11 is 0. The molecule has 2 aromatic rings. The number of benzene rings is 2. The fourth-order valence-electron chi connectivity index (χ4n) is 2.74. The quantitative estimate of drug-likeness (QED) is 0.755. The van der Waals surface area contributed by atoms with Crippen LogP contribution < -0.4 is 15.6 Å². The number of hydrazine groups is 1. The molecule has 0 radical (unpaired) electrons. The second-order valence-electron chi connectivity index (χ2n) is 6.34. The summed E-state index contributed by atoms with van der Waals surface area (Å²) < 4.78 is 28.5. The zero-order valence-corrected chi connectivity index (χ0v) is 15.4. The third kappa shape index (κ3) is 5.30. The van der Waals surface area contributed by atoms with Crippen molar-refractivity contribution in [3.05, 3.63) is 65.7 Å². The average molecular weight is 388 g/mol. The summed E-state index contributed by atoms with van der Waals surface area (Å²) in [7, 11) is -3.15. The summed E-state index contributed by atoms with van der Waals surface area (Å²) in [6.45, 7) is 0.423. The first-order chi connectivity index (χ1) is 12.9. The third-order valence-electron chi connectivity index (χ3n) is 4.27. The van der Waals surface area contributed by atoms with Crippen LogP contribution in [0.1, 0.15) is 22.3 Å². The van der Waals surface area contributed by atoms with E-state index >= 15 is 0 Å². The normalized spacial score (nSPS) is 17.9. The maximum absolute atomic E-state index is 12.1. The van der Waals surface area contributed by atoms with Gasteiger partial charge in [-0.05, 0) is 36.2 Å². The largest absolute Gasteiger partial charge is 0.489 e. The van der Waals surface area contributed by atoms with Crippen LogP contribution in [0.15, 0.2) is 54.6 Å². The van der Waals surface area contributed by atoms with Crippen molar-refractivity contribution >= 4 is 21.7 Å². The van der Waals surface area contributed by atoms with E-state index in [2.05, 4.69) is 10.9 Å². The lowest BCUT2D eigenvalue weighted by Gasteiger charge is -2.11. The summed E-state index contributed by atoms with van der Waals surface area (Å²) in [6, 6.07) is 16.2. The van der Waals surface area contributed by atoms with Crippen molar-refractivity contribution in [2.45, 2.75) is 13.0 Å². The van der Waals surface area contributed by atoms with E-state index in [1.165, 1.54) is 0 Å². The van der Waals surface area contributed by atoms with E-state index in [1.807, 2.05) is 30.3 Å². The summed E-state index contributed by atoms with van der Waals surface area (Å²) in [4.78, 5) is 24.0. The maximum atomic E-state index is 12.1. The van der Waals surface area contributed by atoms with Crippen molar-refractivity contribution in [2.24, 2.45) is 5.92 Å². The first kappa shape index (κ1) is 18.9. The molecule has 1 aliphatic heterocycles. The van der Waals surface area contributed by atoms with Gasteiger partial charge in [0.2, 0.25) is 5.91 Å². The fourth-order valence-corrected chi connectivity index (χ4v) is 4.48. The van der Waals surface area contributed by atoms with E-state index in [1.54, 1.807) is 24.3 Å². The Balaban J connectivity index is 1.48. The van der Waals surface area contributed by atoms with Gasteiger partial charge < -0.3 is 4.74 Å². The first-order valence-electron chi connectivity index (χ1n) is 8.50. The third-order valence-corrected chi connectivity index (χ3v) is 6.04. The monoisotopic (exact) mass is 388 g/mol. The molecule has 0 spiro atoms. The van der Waals surface area contributed by atoms with Crippen molar-refractivity contribution in [1.29, 1.82) is 0 Å². The Labute approximate surface area is 157 Å². The predicted molar refractivity (Wildman–Crippen MR) is 99.6 cm³/mol. The van der Waals surface area contributed by atoms with Gasteiger partial charge in [0.05, 0.1) is 17.4 Å². The van der Waals surface area contributed by atoms with E-state index in [4.69, 9.17) is 4.74 Å². The Kier molecular flexibility index (Phi) is 5.75. The minimum absolute atomic E-state index is 0.00345. The van der Waals surface area contributed by atoms with Crippen LogP contribution in [0.4, 0.5) is 0 Å². The highest BCUT2D eigenvalue weighted by Gasteiger charge is 2.33. The molecule has 142 valence electrons. The molecule has 2 aromatic carbocycles. The lowest BCUT2D eigenvalue weighted by atomic mass is 10.1. The molecule has 0 aliphatic carbocycles. The molecule has 0 aromatic heterocycles. The topological polar surface area (TPSA) is 102 Å². The molecule has 1 heterocycles. The van der Waals surface area contributed by atoms with Crippen LogP contribution in [0.25, 0.3) is 0 Å². The molecule has 2 amide bonds. The number of sulfone groups is 1. The zero-order chi connectivity index (χ0) is 19.3. The Morgan fingerprint density at radius 3 is 2.33 bits per heavy atom. The van der Waals surface area contributed by atoms with Crippen LogP contribution in [0.2, 0.25) is 0 Å². The number of nitrogens with one attached hydrogen (secondary N) is 2. The van der Waals surface area contributed by atoms with Gasteiger partial charge in [-0.1, -0.05) is 30.3 Å². The second kappa shape index (κ2) is 8.22. The van der Waals surface area contributed by atoms with Gasteiger partial charge in [-0.25, -0.2) is 8.42 Å². The van der Waals surface area contributed by atoms with Gasteiger partial charge in [0.1, 0.15) is 12.4 Å². The number of carbonyl (C=O) groups excluding carboxylic acids is 2. The molecule has 1 fully saturated rings. The van der Waals surface area contributed by atoms with Crippen LogP contribution in [0, 0.1) is 5.92 Å². The molecule has 1 saturated heterocycles. The zero-order valence-electron chi connectivity index (χ0n) is 14.6. The highest BCUT2D eigenvalue weighted by Crippen LogP contribution is 2.18. The van der Waals surface area contributed by atoms with Crippen LogP contribution in [0.5, 0.6) is 5.75 Å². The summed E-state index contributed by atoms with van der Waals surface area (Å²) in [5.41, 5.74) is 5.98. The van der Waals surface area contributed by atoms with Crippen molar-refractivity contribution in [3.63, 3.8) is 0 Å². The summed E-state index contributed by atoms with van der Waals surface area (Å²) in [5.74, 6) is -1.16. The molecule has 2 N–H and O–H groups in total. The van der Waals surface area contributed by atoms with E-state index in [0.717, 1.165) is 5.56 Å². The summed E-state index contributed by atoms with van der Waals surface area (Å²) in [5, 5.41) is 0. The van der Waals surface area contributed by atoms with Gasteiger partial charge >= 0.3 is 0 Å². The Morgan fingerprint density at radius 1 is 1.00 bits per heavy atom. The molecular weight excluding hydrogens is 368 g/mol. The molecule has 1 aliphatic rings. The van der Waals surface area contributed by atoms with E-state index in [-0.39, 0.29) is 17.9 Å². The van der Waals surface area contributed by atoms with Crippen molar-refractivity contribution in [3.8, 4) is 5.75 Å². The Bertz CT molecular complexity index is 911. The van der Waals surface area contributed by atoms with E-state index in [0.29, 0.717) is 17.9 Å². The van der Waals surface area contributed by atoms with Gasteiger partial charge in [0.25, 0.3) is 5.91 Å². The number of ether oxygens (including phenoxy) is 1. The molecule has 0 unspecified atom stereocenters. The summed E-state index contributed by atoms with van der Waals surface area (Å²) in [6.07, 6.45) is 0.275. The molecule has 27 heavy (non-hydrogen) atoms. The van der Waals surface area contributed by atoms with Crippen LogP contribution >= 0.6 is 0 Å². The first-order valence-corrected chi connectivity index (χ1v) is 10.3. The van der Waals surface area contributed by atoms with Gasteiger partial charge in [-0.15, -0.1) is 0 Å². The highest BCUT2D eigenvalue weighted by molar-refractivity contribution is 7.91. The number of rotatable bonds is 5. The number of carbonyl (C=O) groups is 2. The predicted octanol–water partition coefficient (Wildman–Crippen LogP) is 1.46. The average Bonchev–Trinajstić information content (AvgIpc) is 3.05. The SMILES string of the molecule is O=C(NNC(=O)[C@@H]1CCS(=O)(=O)C1)c1ccc(OCc2ccccc2)cc1. The fraction of sp³-hybridized carbons (Fsp3) is 0.263. The molecule has 0 bridgehead atoms.